The van der Waals surface area contributed by atoms with E-state index in [4.69, 9.17) is 9.11 Å². The zero-order chi connectivity index (χ0) is 12.8. The van der Waals surface area contributed by atoms with E-state index in [1.807, 2.05) is 0 Å². The minimum atomic E-state index is -4.02. The average Bonchev–Trinajstić information content (AvgIpc) is 2.06. The Hall–Kier alpha value is -0.300. The predicted molar refractivity (Wildman–Crippen MR) is 56.6 cm³/mol. The number of nitrogens with one attached hydrogen (secondary N) is 2. The zero-order valence-corrected chi connectivity index (χ0v) is 10.3. The van der Waals surface area contributed by atoms with Crippen molar-refractivity contribution in [1.82, 2.24) is 16.0 Å². The summed E-state index contributed by atoms with van der Waals surface area (Å²) in [7, 11) is -6.54. The monoisotopic (exact) mass is 277 g/mol. The molecule has 4 N–H and O–H groups in total. The maximum Gasteiger partial charge on any atom is 0.266 e. The highest BCUT2D eigenvalue weighted by molar-refractivity contribution is 7.86. The van der Waals surface area contributed by atoms with E-state index in [9.17, 15) is 16.8 Å². The van der Waals surface area contributed by atoms with Crippen LogP contribution in [-0.4, -0.2) is 62.6 Å². The molecule has 98 valence electrons. The van der Waals surface area contributed by atoms with Crippen molar-refractivity contribution in [2.75, 3.05) is 31.6 Å². The Morgan fingerprint density at radius 2 is 1.56 bits per heavy atom. The standard InChI is InChI=1S/C5H15N3O6S2/c1-8(3-5-16(12,13)14)7-6-2-4-15(9,10)11/h6-7H,2-5H2,1H3,(H,9,10,11)(H,12,13,14). The van der Waals surface area contributed by atoms with Gasteiger partial charge < -0.3 is 0 Å². The smallest absolute Gasteiger partial charge is 0.266 e. The van der Waals surface area contributed by atoms with Crippen LogP contribution in [-0.2, 0) is 20.2 Å². The van der Waals surface area contributed by atoms with E-state index in [1.54, 1.807) is 0 Å². The molecule has 0 aliphatic heterocycles. The lowest BCUT2D eigenvalue weighted by Gasteiger charge is -2.17. The van der Waals surface area contributed by atoms with Crippen LogP contribution < -0.4 is 11.0 Å². The molecular formula is C5H15N3O6S2. The summed E-state index contributed by atoms with van der Waals surface area (Å²) in [6.45, 7) is -0.0350. The largest absolute Gasteiger partial charge is 0.286 e. The van der Waals surface area contributed by atoms with Crippen molar-refractivity contribution in [1.29, 1.82) is 0 Å². The van der Waals surface area contributed by atoms with Gasteiger partial charge in [0, 0.05) is 20.1 Å². The lowest BCUT2D eigenvalue weighted by molar-refractivity contribution is 0.205. The molecule has 0 aliphatic carbocycles. The van der Waals surface area contributed by atoms with Gasteiger partial charge in [-0.25, -0.2) is 10.4 Å². The van der Waals surface area contributed by atoms with Crippen molar-refractivity contribution in [2.24, 2.45) is 0 Å². The Morgan fingerprint density at radius 3 is 2.00 bits per heavy atom. The second kappa shape index (κ2) is 6.44. The van der Waals surface area contributed by atoms with Crippen LogP contribution in [0.4, 0.5) is 0 Å². The van der Waals surface area contributed by atoms with Gasteiger partial charge in [0.2, 0.25) is 0 Å². The summed E-state index contributed by atoms with van der Waals surface area (Å²) < 4.78 is 58.1. The average molecular weight is 277 g/mol. The van der Waals surface area contributed by atoms with Crippen molar-refractivity contribution >= 4 is 20.2 Å². The van der Waals surface area contributed by atoms with Crippen molar-refractivity contribution in [3.05, 3.63) is 0 Å². The van der Waals surface area contributed by atoms with Gasteiger partial charge in [0.05, 0.1) is 11.5 Å². The van der Waals surface area contributed by atoms with E-state index >= 15 is 0 Å². The summed E-state index contributed by atoms with van der Waals surface area (Å²) in [6.07, 6.45) is 0. The molecule has 0 fully saturated rings. The third kappa shape index (κ3) is 11.8. The van der Waals surface area contributed by atoms with Gasteiger partial charge in [0.15, 0.2) is 0 Å². The van der Waals surface area contributed by atoms with Gasteiger partial charge in [-0.2, -0.15) is 22.4 Å². The highest BCUT2D eigenvalue weighted by Gasteiger charge is 2.07. The first kappa shape index (κ1) is 15.7. The molecule has 11 heteroatoms. The molecule has 0 radical (unpaired) electrons. The summed E-state index contributed by atoms with van der Waals surface area (Å²) in [4.78, 5) is 0. The molecule has 0 rings (SSSR count). The Morgan fingerprint density at radius 1 is 1.06 bits per heavy atom. The zero-order valence-electron chi connectivity index (χ0n) is 8.62. The van der Waals surface area contributed by atoms with Gasteiger partial charge in [0.1, 0.15) is 0 Å². The number of nitrogens with zero attached hydrogens (tertiary/aromatic N) is 1. The fourth-order valence-corrected chi connectivity index (χ4v) is 1.54. The minimum Gasteiger partial charge on any atom is -0.286 e. The van der Waals surface area contributed by atoms with Crippen LogP contribution in [0.3, 0.4) is 0 Å². The van der Waals surface area contributed by atoms with Gasteiger partial charge in [-0.1, -0.05) is 0 Å². The third-order valence-corrected chi connectivity index (χ3v) is 2.86. The Labute approximate surface area is 94.3 Å². The fourth-order valence-electron chi connectivity index (χ4n) is 0.679. The minimum absolute atomic E-state index is 0.0116. The highest BCUT2D eigenvalue weighted by Crippen LogP contribution is 1.83. The first-order valence-corrected chi connectivity index (χ1v) is 7.42. The van der Waals surface area contributed by atoms with Crippen LogP contribution >= 0.6 is 0 Å². The molecule has 0 heterocycles. The highest BCUT2D eigenvalue weighted by atomic mass is 32.2. The van der Waals surface area contributed by atoms with Crippen LogP contribution in [0.5, 0.6) is 0 Å². The molecule has 0 atom stereocenters. The van der Waals surface area contributed by atoms with E-state index in [2.05, 4.69) is 11.0 Å². The predicted octanol–water partition coefficient (Wildman–Crippen LogP) is -2.30. The Kier molecular flexibility index (Phi) is 6.32. The number of hydrogen-bond donors (Lipinski definition) is 4. The van der Waals surface area contributed by atoms with Crippen LogP contribution in [0.25, 0.3) is 0 Å². The summed E-state index contributed by atoms with van der Waals surface area (Å²) >= 11 is 0. The van der Waals surface area contributed by atoms with Crippen LogP contribution in [0, 0.1) is 0 Å². The summed E-state index contributed by atoms with van der Waals surface area (Å²) in [5, 5.41) is 1.30. The van der Waals surface area contributed by atoms with Crippen molar-refractivity contribution < 1.29 is 25.9 Å². The van der Waals surface area contributed by atoms with E-state index < -0.39 is 31.7 Å². The van der Waals surface area contributed by atoms with Gasteiger partial charge in [-0.15, -0.1) is 0 Å². The second-order valence-corrected chi connectivity index (χ2v) is 6.18. The first-order chi connectivity index (χ1) is 7.10. The SMILES string of the molecule is CN(CCS(=O)(=O)O)NNCCS(=O)(=O)O. The molecule has 0 aromatic carbocycles. The maximum absolute atomic E-state index is 10.4. The molecule has 16 heavy (non-hydrogen) atoms. The third-order valence-electron chi connectivity index (χ3n) is 1.44. The molecule has 0 saturated carbocycles. The second-order valence-electron chi connectivity index (χ2n) is 3.03. The normalized spacial score (nSPS) is 13.2. The van der Waals surface area contributed by atoms with E-state index in [0.29, 0.717) is 0 Å². The molecule has 0 aromatic heterocycles. The number of hydrazine groups is 2. The molecule has 0 aliphatic rings. The van der Waals surface area contributed by atoms with E-state index in [0.717, 1.165) is 0 Å². The maximum atomic E-state index is 10.4. The molecule has 0 aromatic rings. The molecule has 0 amide bonds. The summed E-state index contributed by atoms with van der Waals surface area (Å²) in [5.74, 6) is -0.914. The lowest BCUT2D eigenvalue weighted by atomic mass is 10.7. The van der Waals surface area contributed by atoms with Crippen molar-refractivity contribution in [3.63, 3.8) is 0 Å². The molecule has 0 unspecified atom stereocenters. The summed E-state index contributed by atoms with van der Waals surface area (Å²) in [6, 6.07) is 0. The number of rotatable bonds is 8. The quantitative estimate of drug-likeness (QED) is 0.219. The van der Waals surface area contributed by atoms with Gasteiger partial charge in [0.25, 0.3) is 20.2 Å². The van der Waals surface area contributed by atoms with Crippen molar-refractivity contribution in [3.8, 4) is 0 Å². The number of hydrogen-bond acceptors (Lipinski definition) is 7. The molecule has 0 saturated heterocycles. The van der Waals surface area contributed by atoms with Gasteiger partial charge in [-0.3, -0.25) is 9.11 Å². The molecule has 0 bridgehead atoms. The van der Waals surface area contributed by atoms with E-state index in [-0.39, 0.29) is 13.1 Å². The summed E-state index contributed by atoms with van der Waals surface area (Å²) in [5.41, 5.74) is 4.90. The molecular weight excluding hydrogens is 262 g/mol. The van der Waals surface area contributed by atoms with E-state index in [1.165, 1.54) is 12.1 Å². The lowest BCUT2D eigenvalue weighted by Crippen LogP contribution is -2.47. The van der Waals surface area contributed by atoms with Gasteiger partial charge >= 0.3 is 0 Å². The van der Waals surface area contributed by atoms with Crippen molar-refractivity contribution in [2.45, 2.75) is 0 Å². The van der Waals surface area contributed by atoms with Gasteiger partial charge in [-0.05, 0) is 0 Å². The molecule has 9 nitrogen and oxygen atoms in total. The first-order valence-electron chi connectivity index (χ1n) is 4.20. The van der Waals surface area contributed by atoms with Crippen LogP contribution in [0.1, 0.15) is 0 Å². The van der Waals surface area contributed by atoms with Crippen LogP contribution in [0.15, 0.2) is 0 Å². The molecule has 0 spiro atoms. The van der Waals surface area contributed by atoms with Crippen LogP contribution in [0.2, 0.25) is 0 Å². The Balaban J connectivity index is 3.63. The topological polar surface area (TPSA) is 136 Å². The fraction of sp³-hybridized carbons (Fsp3) is 1.00. The Bertz CT molecular complexity index is 390.